The first kappa shape index (κ1) is 15.8. The lowest BCUT2D eigenvalue weighted by Gasteiger charge is -2.54. The molecule has 2 fully saturated rings. The van der Waals surface area contributed by atoms with E-state index in [1.807, 2.05) is 0 Å². The summed E-state index contributed by atoms with van der Waals surface area (Å²) >= 11 is 0. The molecule has 0 N–H and O–H groups in total. The molecule has 2 atom stereocenters. The van der Waals surface area contributed by atoms with Crippen LogP contribution in [0.5, 0.6) is 0 Å². The molecule has 0 aromatic heterocycles. The van der Waals surface area contributed by atoms with Crippen molar-refractivity contribution in [1.29, 1.82) is 0 Å². The Kier molecular flexibility index (Phi) is 5.77. The van der Waals surface area contributed by atoms with Crippen LogP contribution in [-0.2, 0) is 9.47 Å². The van der Waals surface area contributed by atoms with Gasteiger partial charge in [-0.1, -0.05) is 19.1 Å². The van der Waals surface area contributed by atoms with Gasteiger partial charge in [0.25, 0.3) is 0 Å². The zero-order chi connectivity index (χ0) is 13.8. The van der Waals surface area contributed by atoms with E-state index in [2.05, 4.69) is 18.8 Å². The molecule has 0 aromatic rings. The van der Waals surface area contributed by atoms with Crippen LogP contribution in [0.1, 0.15) is 38.5 Å². The van der Waals surface area contributed by atoms with Crippen molar-refractivity contribution >= 4 is 33.8 Å². The van der Waals surface area contributed by atoms with Crippen LogP contribution in [0.15, 0.2) is 0 Å². The average molecular weight is 315 g/mol. The molecule has 2 rings (SSSR count). The van der Waals surface area contributed by atoms with Crippen molar-refractivity contribution in [1.82, 2.24) is 0 Å². The molecule has 0 spiro atoms. The molecule has 2 nitrogen and oxygen atoms in total. The summed E-state index contributed by atoms with van der Waals surface area (Å²) in [5.41, 5.74) is 2.56. The quantitative estimate of drug-likeness (QED) is 0.717. The molecule has 0 saturated carbocycles. The lowest BCUT2D eigenvalue weighted by Crippen LogP contribution is -2.68. The van der Waals surface area contributed by atoms with E-state index in [4.69, 9.17) is 9.47 Å². The number of rotatable bonds is 4. The van der Waals surface area contributed by atoms with E-state index in [0.717, 1.165) is 13.2 Å². The van der Waals surface area contributed by atoms with Crippen LogP contribution in [0.3, 0.4) is 0 Å². The molecule has 5 heteroatoms. The molecular formula is C14H30O2Si3. The summed E-state index contributed by atoms with van der Waals surface area (Å²) in [7, 11) is 0.660. The van der Waals surface area contributed by atoms with Gasteiger partial charge < -0.3 is 9.47 Å². The second-order valence-electron chi connectivity index (χ2n) is 6.36. The molecule has 2 unspecified atom stereocenters. The maximum absolute atomic E-state index is 6.52. The monoisotopic (exact) mass is 314 g/mol. The molecule has 2 aliphatic rings. The summed E-state index contributed by atoms with van der Waals surface area (Å²) in [6.07, 6.45) is 7.70. The van der Waals surface area contributed by atoms with Gasteiger partial charge in [0.1, 0.15) is 0 Å². The van der Waals surface area contributed by atoms with E-state index in [0.29, 0.717) is 0 Å². The fourth-order valence-corrected chi connectivity index (χ4v) is 9.97. The van der Waals surface area contributed by atoms with Crippen LogP contribution in [0.4, 0.5) is 0 Å². The second-order valence-corrected chi connectivity index (χ2v) is 12.2. The minimum absolute atomic E-state index is 0.108. The Morgan fingerprint density at radius 2 is 1.79 bits per heavy atom. The summed E-state index contributed by atoms with van der Waals surface area (Å²) in [5, 5.41) is 0.241. The van der Waals surface area contributed by atoms with Crippen molar-refractivity contribution < 1.29 is 9.47 Å². The summed E-state index contributed by atoms with van der Waals surface area (Å²) < 4.78 is 13.0. The van der Waals surface area contributed by atoms with Gasteiger partial charge in [0.15, 0.2) is 0 Å². The highest BCUT2D eigenvalue weighted by molar-refractivity contribution is 6.63. The van der Waals surface area contributed by atoms with Crippen LogP contribution in [0.25, 0.3) is 0 Å². The Hall–Kier alpha value is 0.441. The predicted molar refractivity (Wildman–Crippen MR) is 91.9 cm³/mol. The van der Waals surface area contributed by atoms with E-state index in [9.17, 15) is 0 Å². The molecule has 110 valence electrons. The van der Waals surface area contributed by atoms with Gasteiger partial charge in [-0.25, -0.2) is 0 Å². The summed E-state index contributed by atoms with van der Waals surface area (Å²) in [6.45, 7) is 6.89. The molecule has 0 bridgehead atoms. The third-order valence-corrected chi connectivity index (χ3v) is 11.6. The van der Waals surface area contributed by atoms with Crippen molar-refractivity contribution in [2.45, 2.75) is 68.1 Å². The molecule has 0 aliphatic carbocycles. The Bertz CT molecular complexity index is 306. The Labute approximate surface area is 125 Å². The van der Waals surface area contributed by atoms with Gasteiger partial charge in [0.2, 0.25) is 0 Å². The fourth-order valence-electron chi connectivity index (χ4n) is 3.82. The summed E-state index contributed by atoms with van der Waals surface area (Å²) in [4.78, 5) is 0. The van der Waals surface area contributed by atoms with E-state index in [1.54, 1.807) is 0 Å². The van der Waals surface area contributed by atoms with Gasteiger partial charge in [-0.2, -0.15) is 0 Å². The van der Waals surface area contributed by atoms with Crippen molar-refractivity contribution in [3.05, 3.63) is 0 Å². The van der Waals surface area contributed by atoms with Crippen molar-refractivity contribution in [2.75, 3.05) is 13.2 Å². The van der Waals surface area contributed by atoms with E-state index in [-0.39, 0.29) is 19.6 Å². The van der Waals surface area contributed by atoms with Gasteiger partial charge in [0, 0.05) is 32.6 Å². The minimum Gasteiger partial charge on any atom is -0.376 e. The van der Waals surface area contributed by atoms with Gasteiger partial charge >= 0.3 is 0 Å². The van der Waals surface area contributed by atoms with Gasteiger partial charge in [-0.3, -0.25) is 0 Å². The molecule has 2 saturated heterocycles. The highest BCUT2D eigenvalue weighted by atomic mass is 28.3. The lowest BCUT2D eigenvalue weighted by molar-refractivity contribution is -0.161. The minimum atomic E-state index is -0.906. The topological polar surface area (TPSA) is 18.5 Å². The largest absolute Gasteiger partial charge is 0.376 e. The first-order valence-electron chi connectivity index (χ1n) is 8.12. The van der Waals surface area contributed by atoms with Crippen molar-refractivity contribution in [3.8, 4) is 0 Å². The molecule has 0 radical (unpaired) electrons. The van der Waals surface area contributed by atoms with Crippen LogP contribution in [-0.4, -0.2) is 57.5 Å². The first-order chi connectivity index (χ1) is 9.17. The van der Waals surface area contributed by atoms with Crippen LogP contribution >= 0.6 is 0 Å². The average Bonchev–Trinajstić information content (AvgIpc) is 2.46. The Morgan fingerprint density at radius 1 is 1.11 bits per heavy atom. The molecular weight excluding hydrogens is 284 g/mol. The van der Waals surface area contributed by atoms with Crippen LogP contribution in [0.2, 0.25) is 19.1 Å². The highest BCUT2D eigenvalue weighted by Crippen LogP contribution is 2.43. The smallest absolute Gasteiger partial charge is 0.0939 e. The third kappa shape index (κ3) is 3.05. The molecule has 2 heterocycles. The van der Waals surface area contributed by atoms with Crippen molar-refractivity contribution in [3.63, 3.8) is 0 Å². The zero-order valence-electron chi connectivity index (χ0n) is 12.9. The standard InChI is InChI=1S/C14H30O2Si3/c1-19(2)14(8-4-6-10-16-14)13(18-12-11-17)7-3-5-9-15-13/h12,18-19H,3-11H2,1-2,17H3. The third-order valence-electron chi connectivity index (χ3n) is 4.88. The van der Waals surface area contributed by atoms with Gasteiger partial charge in [-0.05, 0) is 38.5 Å². The molecule has 0 amide bonds. The summed E-state index contributed by atoms with van der Waals surface area (Å²) in [6, 6.07) is 1.32. The number of hydrogen-bond donors (Lipinski definition) is 0. The number of ether oxygens (including phenoxy) is 2. The predicted octanol–water partition coefficient (Wildman–Crippen LogP) is 0.871. The van der Waals surface area contributed by atoms with Gasteiger partial charge in [-0.15, -0.1) is 5.67 Å². The normalized spacial score (nSPS) is 37.2. The second kappa shape index (κ2) is 6.93. The Morgan fingerprint density at radius 3 is 2.26 bits per heavy atom. The van der Waals surface area contributed by atoms with E-state index >= 15 is 0 Å². The first-order valence-corrected chi connectivity index (χ1v) is 13.7. The van der Waals surface area contributed by atoms with Crippen molar-refractivity contribution in [2.24, 2.45) is 0 Å². The maximum Gasteiger partial charge on any atom is 0.0939 e. The van der Waals surface area contributed by atoms with E-state index < -0.39 is 8.80 Å². The molecule has 0 aromatic carbocycles. The summed E-state index contributed by atoms with van der Waals surface area (Å²) in [5.74, 6) is 0. The van der Waals surface area contributed by atoms with Crippen LogP contribution < -0.4 is 0 Å². The Balaban J connectivity index is 2.34. The van der Waals surface area contributed by atoms with Gasteiger partial charge in [0.05, 0.1) is 19.2 Å². The maximum atomic E-state index is 6.52. The van der Waals surface area contributed by atoms with Crippen LogP contribution in [0, 0.1) is 0 Å². The molecule has 2 aliphatic heterocycles. The molecule has 19 heavy (non-hydrogen) atoms. The van der Waals surface area contributed by atoms with E-state index in [1.165, 1.54) is 54.8 Å². The highest BCUT2D eigenvalue weighted by Gasteiger charge is 2.54. The number of hydrogen-bond acceptors (Lipinski definition) is 2. The lowest BCUT2D eigenvalue weighted by atomic mass is 9.96. The SMILES string of the molecule is C[SiH](C)C1(C2([SiH]=CC[SiH3])CCCCO2)CCCCO1. The zero-order valence-corrected chi connectivity index (χ0v) is 17.2. The fraction of sp³-hybridized carbons (Fsp3) is 0.929.